The van der Waals surface area contributed by atoms with E-state index in [9.17, 15) is 9.59 Å². The van der Waals surface area contributed by atoms with Gasteiger partial charge in [-0.25, -0.2) is 0 Å². The number of hydrogen-bond acceptors (Lipinski definition) is 3. The molecular weight excluding hydrogens is 290 g/mol. The number of amides is 2. The predicted molar refractivity (Wildman–Crippen MR) is 85.7 cm³/mol. The molecule has 1 unspecified atom stereocenters. The van der Waals surface area contributed by atoms with Gasteiger partial charge in [-0.05, 0) is 37.4 Å². The summed E-state index contributed by atoms with van der Waals surface area (Å²) < 4.78 is 0. The number of aryl methyl sites for hydroxylation is 1. The van der Waals surface area contributed by atoms with Gasteiger partial charge in [0, 0.05) is 5.69 Å². The lowest BCUT2D eigenvalue weighted by atomic mass is 10.1. The first-order valence-electron chi connectivity index (χ1n) is 7.09. The average molecular weight is 312 g/mol. The molecule has 0 radical (unpaired) electrons. The Morgan fingerprint density at radius 2 is 2.10 bits per heavy atom. The summed E-state index contributed by atoms with van der Waals surface area (Å²) in [6.07, 6.45) is 2.70. The third kappa shape index (κ3) is 5.02. The third-order valence-corrected chi connectivity index (χ3v) is 3.47. The van der Waals surface area contributed by atoms with Crippen LogP contribution in [-0.4, -0.2) is 30.9 Å². The molecule has 1 heterocycles. The van der Waals surface area contributed by atoms with Crippen LogP contribution in [0.1, 0.15) is 25.3 Å². The van der Waals surface area contributed by atoms with Gasteiger partial charge in [-0.15, -0.1) is 12.4 Å². The van der Waals surface area contributed by atoms with Crippen LogP contribution in [0.25, 0.3) is 0 Å². The number of benzene rings is 1. The summed E-state index contributed by atoms with van der Waals surface area (Å²) in [6.45, 7) is 2.92. The molecule has 1 aromatic carbocycles. The average Bonchev–Trinajstić information content (AvgIpc) is 2.99. The summed E-state index contributed by atoms with van der Waals surface area (Å²) in [5, 5.41) is 8.61. The van der Waals surface area contributed by atoms with Crippen molar-refractivity contribution < 1.29 is 9.59 Å². The van der Waals surface area contributed by atoms with E-state index in [1.165, 1.54) is 0 Å². The number of nitrogens with one attached hydrogen (secondary N) is 3. The Morgan fingerprint density at radius 1 is 1.33 bits per heavy atom. The molecule has 1 aromatic rings. The van der Waals surface area contributed by atoms with Crippen molar-refractivity contribution in [3.63, 3.8) is 0 Å². The first-order valence-corrected chi connectivity index (χ1v) is 7.09. The van der Waals surface area contributed by atoms with Crippen molar-refractivity contribution in [1.82, 2.24) is 10.6 Å². The smallest absolute Gasteiger partial charge is 0.243 e. The maximum Gasteiger partial charge on any atom is 0.243 e. The molecule has 0 spiro atoms. The number of carbonyl (C=O) groups excluding carboxylic acids is 2. The van der Waals surface area contributed by atoms with E-state index < -0.39 is 0 Å². The van der Waals surface area contributed by atoms with E-state index in [0.717, 1.165) is 37.1 Å². The van der Waals surface area contributed by atoms with E-state index >= 15 is 0 Å². The number of halogens is 1. The molecule has 1 atom stereocenters. The number of carbonyl (C=O) groups is 2. The fourth-order valence-electron chi connectivity index (χ4n) is 2.34. The molecule has 3 N–H and O–H groups in total. The molecule has 0 aliphatic carbocycles. The Morgan fingerprint density at radius 3 is 2.76 bits per heavy atom. The molecule has 1 aliphatic heterocycles. The maximum atomic E-state index is 11.9. The number of rotatable bonds is 5. The van der Waals surface area contributed by atoms with Gasteiger partial charge in [-0.2, -0.15) is 0 Å². The van der Waals surface area contributed by atoms with Crippen molar-refractivity contribution in [2.75, 3.05) is 18.4 Å². The minimum Gasteiger partial charge on any atom is -0.346 e. The first-order chi connectivity index (χ1) is 9.70. The van der Waals surface area contributed by atoms with Crippen molar-refractivity contribution in [1.29, 1.82) is 0 Å². The molecule has 2 amide bonds. The van der Waals surface area contributed by atoms with Crippen LogP contribution in [0.4, 0.5) is 5.69 Å². The maximum absolute atomic E-state index is 11.9. The minimum atomic E-state index is -0.197. The van der Waals surface area contributed by atoms with Crippen LogP contribution in [0.15, 0.2) is 24.3 Å². The van der Waals surface area contributed by atoms with E-state index in [1.807, 2.05) is 31.2 Å². The molecule has 1 saturated heterocycles. The lowest BCUT2D eigenvalue weighted by Crippen LogP contribution is -2.43. The van der Waals surface area contributed by atoms with Crippen molar-refractivity contribution in [2.45, 2.75) is 32.2 Å². The molecule has 21 heavy (non-hydrogen) atoms. The van der Waals surface area contributed by atoms with E-state index in [-0.39, 0.29) is 36.8 Å². The quantitative estimate of drug-likeness (QED) is 0.771. The second-order valence-electron chi connectivity index (χ2n) is 4.93. The highest BCUT2D eigenvalue weighted by Crippen LogP contribution is 2.14. The van der Waals surface area contributed by atoms with Gasteiger partial charge in [0.05, 0.1) is 12.6 Å². The topological polar surface area (TPSA) is 70.2 Å². The molecule has 0 saturated carbocycles. The molecule has 1 fully saturated rings. The van der Waals surface area contributed by atoms with E-state index in [4.69, 9.17) is 0 Å². The summed E-state index contributed by atoms with van der Waals surface area (Å²) in [5.41, 5.74) is 1.90. The number of hydrogen-bond donors (Lipinski definition) is 3. The normalized spacial score (nSPS) is 16.9. The predicted octanol–water partition coefficient (Wildman–Crippen LogP) is 1.48. The van der Waals surface area contributed by atoms with Crippen molar-refractivity contribution in [3.05, 3.63) is 29.8 Å². The SMILES string of the molecule is CCc1ccccc1NC(=O)CNC(=O)C1CCCN1.Cl. The fraction of sp³-hybridized carbons (Fsp3) is 0.467. The molecule has 5 nitrogen and oxygen atoms in total. The fourth-order valence-corrected chi connectivity index (χ4v) is 2.34. The van der Waals surface area contributed by atoms with Gasteiger partial charge < -0.3 is 16.0 Å². The number of para-hydroxylation sites is 1. The highest BCUT2D eigenvalue weighted by Gasteiger charge is 2.22. The Balaban J connectivity index is 0.00000220. The van der Waals surface area contributed by atoms with Gasteiger partial charge in [0.15, 0.2) is 0 Å². The summed E-state index contributed by atoms with van der Waals surface area (Å²) in [6, 6.07) is 7.54. The van der Waals surface area contributed by atoms with E-state index in [0.29, 0.717) is 0 Å². The van der Waals surface area contributed by atoms with Crippen LogP contribution in [0.3, 0.4) is 0 Å². The summed E-state index contributed by atoms with van der Waals surface area (Å²) in [5.74, 6) is -0.293. The largest absolute Gasteiger partial charge is 0.346 e. The zero-order chi connectivity index (χ0) is 14.4. The molecule has 6 heteroatoms. The zero-order valence-electron chi connectivity index (χ0n) is 12.1. The van der Waals surface area contributed by atoms with E-state index in [1.54, 1.807) is 0 Å². The Labute approximate surface area is 131 Å². The molecule has 0 bridgehead atoms. The van der Waals surface area contributed by atoms with Crippen LogP contribution in [0, 0.1) is 0 Å². The van der Waals surface area contributed by atoms with Crippen LogP contribution in [0.5, 0.6) is 0 Å². The highest BCUT2D eigenvalue weighted by molar-refractivity contribution is 5.95. The van der Waals surface area contributed by atoms with Crippen LogP contribution in [0.2, 0.25) is 0 Å². The van der Waals surface area contributed by atoms with Gasteiger partial charge in [0.25, 0.3) is 0 Å². The van der Waals surface area contributed by atoms with Gasteiger partial charge in [-0.3, -0.25) is 9.59 Å². The van der Waals surface area contributed by atoms with Crippen LogP contribution in [-0.2, 0) is 16.0 Å². The third-order valence-electron chi connectivity index (χ3n) is 3.47. The Bertz CT molecular complexity index is 488. The zero-order valence-corrected chi connectivity index (χ0v) is 13.0. The van der Waals surface area contributed by atoms with Gasteiger partial charge in [0.2, 0.25) is 11.8 Å². The minimum absolute atomic E-state index is 0. The summed E-state index contributed by atoms with van der Waals surface area (Å²) in [7, 11) is 0. The molecule has 0 aromatic heterocycles. The summed E-state index contributed by atoms with van der Waals surface area (Å²) >= 11 is 0. The second kappa shape index (κ2) is 8.64. The molecule has 1 aliphatic rings. The number of anilines is 1. The van der Waals surface area contributed by atoms with Gasteiger partial charge >= 0.3 is 0 Å². The monoisotopic (exact) mass is 311 g/mol. The molecule has 2 rings (SSSR count). The Kier molecular flexibility index (Phi) is 7.19. The lowest BCUT2D eigenvalue weighted by Gasteiger charge is -2.12. The molecular formula is C15H22ClN3O2. The van der Waals surface area contributed by atoms with Crippen molar-refractivity contribution in [3.8, 4) is 0 Å². The van der Waals surface area contributed by atoms with Crippen molar-refractivity contribution in [2.24, 2.45) is 0 Å². The standard InChI is InChI=1S/C15H21N3O2.ClH/c1-2-11-6-3-4-7-12(11)18-14(19)10-17-15(20)13-8-5-9-16-13;/h3-4,6-7,13,16H,2,5,8-10H2,1H3,(H,17,20)(H,18,19);1H. The lowest BCUT2D eigenvalue weighted by molar-refractivity contribution is -0.125. The van der Waals surface area contributed by atoms with E-state index in [2.05, 4.69) is 16.0 Å². The van der Waals surface area contributed by atoms with Crippen LogP contribution >= 0.6 is 12.4 Å². The van der Waals surface area contributed by atoms with Crippen molar-refractivity contribution >= 4 is 29.9 Å². The second-order valence-corrected chi connectivity index (χ2v) is 4.93. The Hall–Kier alpha value is -1.59. The van der Waals surface area contributed by atoms with Gasteiger partial charge in [-0.1, -0.05) is 25.1 Å². The molecule has 116 valence electrons. The first kappa shape index (κ1) is 17.5. The van der Waals surface area contributed by atoms with Gasteiger partial charge in [0.1, 0.15) is 0 Å². The highest BCUT2D eigenvalue weighted by atomic mass is 35.5. The van der Waals surface area contributed by atoms with Crippen LogP contribution < -0.4 is 16.0 Å². The summed E-state index contributed by atoms with van der Waals surface area (Å²) in [4.78, 5) is 23.6.